The molecule has 0 saturated carbocycles. The topological polar surface area (TPSA) is 76.2 Å². The zero-order valence-corrected chi connectivity index (χ0v) is 14.5. The fourth-order valence-electron chi connectivity index (χ4n) is 3.17. The maximum absolute atomic E-state index is 12.8. The van der Waals surface area contributed by atoms with Gasteiger partial charge in [0.25, 0.3) is 6.29 Å². The number of β-lactam (4-membered cyclic amide) rings is 1. The molecule has 1 saturated heterocycles. The highest BCUT2D eigenvalue weighted by atomic mass is 32.2. The summed E-state index contributed by atoms with van der Waals surface area (Å²) in [5.41, 5.74) is 1.79. The fourth-order valence-corrected chi connectivity index (χ4v) is 4.39. The van der Waals surface area contributed by atoms with Crippen LogP contribution in [0, 0.1) is 0 Å². The van der Waals surface area contributed by atoms with E-state index in [1.807, 2.05) is 11.2 Å². The van der Waals surface area contributed by atoms with E-state index >= 15 is 0 Å². The van der Waals surface area contributed by atoms with Gasteiger partial charge in [-0.15, -0.1) is 0 Å². The number of esters is 2. The second-order valence-electron chi connectivity index (χ2n) is 5.89. The average molecular weight is 360 g/mol. The van der Waals surface area contributed by atoms with E-state index in [0.717, 1.165) is 0 Å². The molecule has 0 aliphatic carbocycles. The lowest BCUT2D eigenvalue weighted by molar-refractivity contribution is -0.168. The Balaban J connectivity index is 1.62. The number of cyclic esters (lactones) is 1. The molecule has 7 nitrogen and oxygen atoms in total. The van der Waals surface area contributed by atoms with Crippen LogP contribution >= 0.6 is 11.9 Å². The first kappa shape index (κ1) is 16.0. The zero-order chi connectivity index (χ0) is 17.7. The Kier molecular flexibility index (Phi) is 3.72. The maximum atomic E-state index is 12.8. The van der Waals surface area contributed by atoms with Gasteiger partial charge in [0, 0.05) is 12.1 Å². The number of hydrogen-bond acceptors (Lipinski definition) is 7. The highest BCUT2D eigenvalue weighted by molar-refractivity contribution is 7.97. The zero-order valence-electron chi connectivity index (χ0n) is 13.7. The normalized spacial score (nSPS) is 24.6. The lowest BCUT2D eigenvalue weighted by Gasteiger charge is -2.47. The van der Waals surface area contributed by atoms with Gasteiger partial charge in [-0.3, -0.25) is 9.69 Å². The predicted octanol–water partition coefficient (Wildman–Crippen LogP) is 2.17. The van der Waals surface area contributed by atoms with Crippen LogP contribution in [0.1, 0.15) is 42.5 Å². The van der Waals surface area contributed by atoms with Gasteiger partial charge in [0.15, 0.2) is 5.70 Å². The third-order valence-electron chi connectivity index (χ3n) is 4.46. The first-order chi connectivity index (χ1) is 12.0. The van der Waals surface area contributed by atoms with Gasteiger partial charge in [-0.05, 0) is 31.9 Å². The summed E-state index contributed by atoms with van der Waals surface area (Å²) < 4.78 is 12.6. The Labute approximate surface area is 148 Å². The van der Waals surface area contributed by atoms with Crippen LogP contribution in [0.15, 0.2) is 35.7 Å². The van der Waals surface area contributed by atoms with Gasteiger partial charge in [0.05, 0.1) is 17.7 Å². The molecule has 0 aromatic heterocycles. The van der Waals surface area contributed by atoms with Crippen molar-refractivity contribution in [1.82, 2.24) is 9.21 Å². The van der Waals surface area contributed by atoms with Crippen molar-refractivity contribution in [3.05, 3.63) is 46.8 Å². The number of hydrogen-bond donors (Lipinski definition) is 0. The molecule has 0 radical (unpaired) electrons. The van der Waals surface area contributed by atoms with Crippen molar-refractivity contribution in [2.24, 2.45) is 0 Å². The van der Waals surface area contributed by atoms with E-state index in [1.165, 1.54) is 16.8 Å². The molecular weight excluding hydrogens is 344 g/mol. The molecule has 0 spiro atoms. The number of rotatable bonds is 3. The average Bonchev–Trinajstić information content (AvgIpc) is 2.91. The van der Waals surface area contributed by atoms with Crippen molar-refractivity contribution in [1.29, 1.82) is 0 Å². The number of fused-ring (bicyclic) bond motifs is 2. The molecule has 25 heavy (non-hydrogen) atoms. The molecule has 3 aliphatic rings. The second-order valence-corrected chi connectivity index (χ2v) is 7.08. The SMILES string of the molecule is CCN1S[C@@H]2CC(=O)N2C(C(=O)OC2OC(=O)c3ccccc32)=C1C. The van der Waals surface area contributed by atoms with Crippen molar-refractivity contribution in [3.8, 4) is 0 Å². The van der Waals surface area contributed by atoms with Gasteiger partial charge in [-0.2, -0.15) is 0 Å². The van der Waals surface area contributed by atoms with E-state index in [-0.39, 0.29) is 17.0 Å². The van der Waals surface area contributed by atoms with Crippen LogP contribution in [0.5, 0.6) is 0 Å². The minimum Gasteiger partial charge on any atom is -0.417 e. The van der Waals surface area contributed by atoms with Gasteiger partial charge in [0.1, 0.15) is 5.37 Å². The van der Waals surface area contributed by atoms with Gasteiger partial charge in [-0.25, -0.2) is 9.59 Å². The van der Waals surface area contributed by atoms with E-state index in [2.05, 4.69) is 0 Å². The molecule has 1 amide bonds. The third kappa shape index (κ3) is 2.39. The molecule has 0 bridgehead atoms. The molecule has 1 aromatic carbocycles. The minimum atomic E-state index is -1.09. The van der Waals surface area contributed by atoms with Crippen molar-refractivity contribution >= 4 is 29.8 Å². The molecule has 4 rings (SSSR count). The van der Waals surface area contributed by atoms with Crippen LogP contribution in [-0.2, 0) is 19.1 Å². The number of ether oxygens (including phenoxy) is 2. The Hall–Kier alpha value is -2.48. The number of amides is 1. The van der Waals surface area contributed by atoms with Gasteiger partial charge in [0.2, 0.25) is 5.91 Å². The van der Waals surface area contributed by atoms with Gasteiger partial charge < -0.3 is 13.8 Å². The lowest BCUT2D eigenvalue weighted by Crippen LogP contribution is -2.56. The Bertz CT molecular complexity index is 821. The third-order valence-corrected chi connectivity index (χ3v) is 5.86. The van der Waals surface area contributed by atoms with Gasteiger partial charge >= 0.3 is 11.9 Å². The van der Waals surface area contributed by atoms with Crippen molar-refractivity contribution in [3.63, 3.8) is 0 Å². The summed E-state index contributed by atoms with van der Waals surface area (Å²) in [5.74, 6) is -1.29. The Morgan fingerprint density at radius 2 is 2.12 bits per heavy atom. The molecule has 1 aromatic rings. The van der Waals surface area contributed by atoms with E-state index in [0.29, 0.717) is 29.8 Å². The standard InChI is InChI=1S/C17H16N2O5S/c1-3-18-9(2)14(19-12(20)8-13(19)25-18)16(22)24-17-11-7-5-4-6-10(11)15(21)23-17/h4-7,13,17H,3,8H2,1-2H3/t13-,17?/m1/s1. The van der Waals surface area contributed by atoms with E-state index < -0.39 is 18.2 Å². The van der Waals surface area contributed by atoms with Crippen LogP contribution < -0.4 is 0 Å². The molecular formula is C17H16N2O5S. The van der Waals surface area contributed by atoms with Crippen LogP contribution in [0.25, 0.3) is 0 Å². The molecule has 1 fully saturated rings. The van der Waals surface area contributed by atoms with E-state index in [1.54, 1.807) is 31.2 Å². The first-order valence-corrected chi connectivity index (χ1v) is 8.83. The van der Waals surface area contributed by atoms with Crippen molar-refractivity contribution < 1.29 is 23.9 Å². The molecule has 2 atom stereocenters. The first-order valence-electron chi connectivity index (χ1n) is 7.99. The van der Waals surface area contributed by atoms with Crippen LogP contribution in [0.2, 0.25) is 0 Å². The van der Waals surface area contributed by atoms with Crippen molar-refractivity contribution in [2.45, 2.75) is 31.9 Å². The van der Waals surface area contributed by atoms with Crippen LogP contribution in [-0.4, -0.2) is 39.0 Å². The summed E-state index contributed by atoms with van der Waals surface area (Å²) in [6.45, 7) is 4.46. The van der Waals surface area contributed by atoms with E-state index in [4.69, 9.17) is 9.47 Å². The number of carbonyl (C=O) groups excluding carboxylic acids is 3. The smallest absolute Gasteiger partial charge is 0.360 e. The molecule has 3 heterocycles. The largest absolute Gasteiger partial charge is 0.417 e. The summed E-state index contributed by atoms with van der Waals surface area (Å²) in [4.78, 5) is 38.1. The predicted molar refractivity (Wildman–Crippen MR) is 88.6 cm³/mol. The Morgan fingerprint density at radius 1 is 1.36 bits per heavy atom. The molecule has 3 aliphatic heterocycles. The van der Waals surface area contributed by atoms with Gasteiger partial charge in [-0.1, -0.05) is 18.2 Å². The summed E-state index contributed by atoms with van der Waals surface area (Å²) in [7, 11) is 0. The van der Waals surface area contributed by atoms with Crippen LogP contribution in [0.3, 0.4) is 0 Å². The molecule has 0 N–H and O–H groups in total. The maximum Gasteiger partial charge on any atom is 0.360 e. The lowest BCUT2D eigenvalue weighted by atomic mass is 10.1. The van der Waals surface area contributed by atoms with E-state index in [9.17, 15) is 14.4 Å². The fraction of sp³-hybridized carbons (Fsp3) is 0.353. The van der Waals surface area contributed by atoms with Crippen LogP contribution in [0.4, 0.5) is 0 Å². The quantitative estimate of drug-likeness (QED) is 0.464. The monoisotopic (exact) mass is 360 g/mol. The molecule has 1 unspecified atom stereocenters. The number of allylic oxidation sites excluding steroid dienone is 1. The molecule has 8 heteroatoms. The highest BCUT2D eigenvalue weighted by Gasteiger charge is 2.48. The summed E-state index contributed by atoms with van der Waals surface area (Å²) in [6, 6.07) is 6.78. The van der Waals surface area contributed by atoms with Crippen molar-refractivity contribution in [2.75, 3.05) is 6.54 Å². The number of carbonyl (C=O) groups is 3. The second kappa shape index (κ2) is 5.80. The number of nitrogens with zero attached hydrogens (tertiary/aromatic N) is 2. The summed E-state index contributed by atoms with van der Waals surface area (Å²) in [6.07, 6.45) is -0.692. The minimum absolute atomic E-state index is 0.0860. The highest BCUT2D eigenvalue weighted by Crippen LogP contribution is 2.43. The number of benzene rings is 1. The summed E-state index contributed by atoms with van der Waals surface area (Å²) >= 11 is 1.53. The Morgan fingerprint density at radius 3 is 2.84 bits per heavy atom. The summed E-state index contributed by atoms with van der Waals surface area (Å²) in [5, 5.41) is -0.0860. The molecule has 130 valence electrons.